The summed E-state index contributed by atoms with van der Waals surface area (Å²) in [7, 11) is 0. The van der Waals surface area contributed by atoms with Gasteiger partial charge in [0.25, 0.3) is 0 Å². The lowest BCUT2D eigenvalue weighted by atomic mass is 9.72. The average Bonchev–Trinajstić information content (AvgIpc) is 3.28. The summed E-state index contributed by atoms with van der Waals surface area (Å²) < 4.78 is 0. The molecule has 2 aliphatic heterocycles. The first-order valence-corrected chi connectivity index (χ1v) is 10.5. The standard InChI is InChI=1S/C23H32N2O2/c1-4-24-17-22(11-10-19(24)26)12-14-25(15-13-22)20(27)23(16-21(23,2)3)18-8-6-5-7-9-18/h5-9H,4,10-17H2,1-3H3/t23-/m0/s1. The first-order valence-electron chi connectivity index (χ1n) is 10.5. The molecular formula is C23H32N2O2. The zero-order valence-corrected chi connectivity index (χ0v) is 17.0. The van der Waals surface area contributed by atoms with Gasteiger partial charge < -0.3 is 9.80 Å². The molecule has 1 saturated carbocycles. The Morgan fingerprint density at radius 3 is 2.26 bits per heavy atom. The normalized spacial score (nSPS) is 29.1. The van der Waals surface area contributed by atoms with Crippen molar-refractivity contribution in [1.29, 1.82) is 0 Å². The van der Waals surface area contributed by atoms with Gasteiger partial charge in [-0.1, -0.05) is 44.2 Å². The van der Waals surface area contributed by atoms with Crippen LogP contribution in [0.4, 0.5) is 0 Å². The second kappa shape index (κ2) is 6.35. The molecule has 4 heteroatoms. The number of carbonyl (C=O) groups excluding carboxylic acids is 2. The lowest BCUT2D eigenvalue weighted by molar-refractivity contribution is -0.143. The Kier molecular flexibility index (Phi) is 4.36. The third-order valence-electron chi connectivity index (χ3n) is 7.61. The van der Waals surface area contributed by atoms with Gasteiger partial charge in [0.1, 0.15) is 0 Å². The quantitative estimate of drug-likeness (QED) is 0.818. The van der Waals surface area contributed by atoms with Crippen molar-refractivity contribution in [2.45, 2.75) is 58.3 Å². The summed E-state index contributed by atoms with van der Waals surface area (Å²) in [6, 6.07) is 10.3. The highest BCUT2D eigenvalue weighted by Gasteiger charge is 2.68. The Morgan fingerprint density at radius 2 is 1.70 bits per heavy atom. The summed E-state index contributed by atoms with van der Waals surface area (Å²) in [6.45, 7) is 9.83. The van der Waals surface area contributed by atoms with Crippen LogP contribution in [0, 0.1) is 10.8 Å². The molecule has 3 fully saturated rings. The van der Waals surface area contributed by atoms with Gasteiger partial charge in [-0.2, -0.15) is 0 Å². The number of nitrogens with zero attached hydrogens (tertiary/aromatic N) is 2. The average molecular weight is 369 g/mol. The van der Waals surface area contributed by atoms with Gasteiger partial charge in [-0.05, 0) is 49.0 Å². The number of benzene rings is 1. The molecule has 4 nitrogen and oxygen atoms in total. The minimum absolute atomic E-state index is 0.0246. The molecule has 1 spiro atoms. The second-order valence-electron chi connectivity index (χ2n) is 9.53. The Labute approximate surface area is 162 Å². The highest BCUT2D eigenvalue weighted by atomic mass is 16.2. The fourth-order valence-electron chi connectivity index (χ4n) is 5.58. The molecule has 4 rings (SSSR count). The van der Waals surface area contributed by atoms with Crippen LogP contribution in [0.2, 0.25) is 0 Å². The predicted octanol–water partition coefficient (Wildman–Crippen LogP) is 3.61. The number of hydrogen-bond acceptors (Lipinski definition) is 2. The van der Waals surface area contributed by atoms with Crippen molar-refractivity contribution in [1.82, 2.24) is 9.80 Å². The second-order valence-corrected chi connectivity index (χ2v) is 9.53. The fourth-order valence-corrected chi connectivity index (χ4v) is 5.58. The molecule has 1 aliphatic carbocycles. The highest BCUT2D eigenvalue weighted by molar-refractivity contribution is 5.93. The smallest absolute Gasteiger partial charge is 0.233 e. The van der Waals surface area contributed by atoms with Gasteiger partial charge in [-0.25, -0.2) is 0 Å². The molecule has 0 bridgehead atoms. The molecule has 0 radical (unpaired) electrons. The van der Waals surface area contributed by atoms with E-state index in [9.17, 15) is 9.59 Å². The maximum Gasteiger partial charge on any atom is 0.233 e. The van der Waals surface area contributed by atoms with E-state index in [1.807, 2.05) is 23.1 Å². The van der Waals surface area contributed by atoms with E-state index in [2.05, 4.69) is 37.8 Å². The number of likely N-dealkylation sites (tertiary alicyclic amines) is 2. The Hall–Kier alpha value is -1.84. The number of amides is 2. The van der Waals surface area contributed by atoms with Crippen LogP contribution in [0.15, 0.2) is 30.3 Å². The molecule has 0 N–H and O–H groups in total. The van der Waals surface area contributed by atoms with Crippen molar-refractivity contribution < 1.29 is 9.59 Å². The molecule has 2 heterocycles. The van der Waals surface area contributed by atoms with Crippen molar-refractivity contribution in [2.24, 2.45) is 10.8 Å². The van der Waals surface area contributed by atoms with Crippen molar-refractivity contribution in [2.75, 3.05) is 26.2 Å². The Balaban J connectivity index is 1.48. The van der Waals surface area contributed by atoms with Crippen LogP contribution < -0.4 is 0 Å². The molecular weight excluding hydrogens is 336 g/mol. The van der Waals surface area contributed by atoms with Crippen LogP contribution in [0.5, 0.6) is 0 Å². The van der Waals surface area contributed by atoms with Crippen molar-refractivity contribution in [3.05, 3.63) is 35.9 Å². The predicted molar refractivity (Wildman–Crippen MR) is 106 cm³/mol. The van der Waals surface area contributed by atoms with Gasteiger partial charge in [0.15, 0.2) is 0 Å². The number of carbonyl (C=O) groups is 2. The number of hydrogen-bond donors (Lipinski definition) is 0. The molecule has 146 valence electrons. The molecule has 0 aromatic heterocycles. The molecule has 2 saturated heterocycles. The monoisotopic (exact) mass is 368 g/mol. The molecule has 1 aromatic rings. The minimum atomic E-state index is -0.350. The van der Waals surface area contributed by atoms with E-state index in [1.54, 1.807) is 0 Å². The third-order valence-corrected chi connectivity index (χ3v) is 7.61. The first kappa shape index (κ1) is 18.5. The molecule has 27 heavy (non-hydrogen) atoms. The van der Waals surface area contributed by atoms with Gasteiger partial charge in [0.2, 0.25) is 11.8 Å². The molecule has 2 amide bonds. The van der Waals surface area contributed by atoms with Crippen LogP contribution in [0.25, 0.3) is 0 Å². The minimum Gasteiger partial charge on any atom is -0.342 e. The lowest BCUT2D eigenvalue weighted by Gasteiger charge is -2.48. The molecule has 0 unspecified atom stereocenters. The molecule has 3 aliphatic rings. The summed E-state index contributed by atoms with van der Waals surface area (Å²) in [4.78, 5) is 29.8. The van der Waals surface area contributed by atoms with Gasteiger partial charge >= 0.3 is 0 Å². The maximum absolute atomic E-state index is 13.6. The van der Waals surface area contributed by atoms with Gasteiger partial charge in [0.05, 0.1) is 5.41 Å². The summed E-state index contributed by atoms with van der Waals surface area (Å²) in [5.41, 5.74) is 1.06. The topological polar surface area (TPSA) is 40.6 Å². The number of rotatable bonds is 3. The van der Waals surface area contributed by atoms with Crippen LogP contribution >= 0.6 is 0 Å². The third kappa shape index (κ3) is 2.88. The molecule has 1 atom stereocenters. The summed E-state index contributed by atoms with van der Waals surface area (Å²) in [5.74, 6) is 0.608. The Bertz CT molecular complexity index is 734. The van der Waals surface area contributed by atoms with E-state index in [4.69, 9.17) is 0 Å². The zero-order chi connectivity index (χ0) is 19.3. The first-order chi connectivity index (χ1) is 12.8. The largest absolute Gasteiger partial charge is 0.342 e. The lowest BCUT2D eigenvalue weighted by Crippen LogP contribution is -2.53. The van der Waals surface area contributed by atoms with E-state index in [0.717, 1.165) is 51.9 Å². The van der Waals surface area contributed by atoms with E-state index in [0.29, 0.717) is 18.2 Å². The summed E-state index contributed by atoms with van der Waals surface area (Å²) >= 11 is 0. The Morgan fingerprint density at radius 1 is 1.07 bits per heavy atom. The van der Waals surface area contributed by atoms with Crippen molar-refractivity contribution in [3.63, 3.8) is 0 Å². The fraction of sp³-hybridized carbons (Fsp3) is 0.652. The molecule has 1 aromatic carbocycles. The van der Waals surface area contributed by atoms with E-state index >= 15 is 0 Å². The van der Waals surface area contributed by atoms with Crippen molar-refractivity contribution >= 4 is 11.8 Å². The SMILES string of the molecule is CCN1CC2(CCC1=O)CCN(C(=O)[C@@]1(c3ccccc3)CC1(C)C)CC2. The van der Waals surface area contributed by atoms with Gasteiger partial charge in [-0.15, -0.1) is 0 Å². The summed E-state index contributed by atoms with van der Waals surface area (Å²) in [5, 5.41) is 0. The van der Waals surface area contributed by atoms with E-state index in [1.165, 1.54) is 5.56 Å². The van der Waals surface area contributed by atoms with E-state index in [-0.39, 0.29) is 16.2 Å². The van der Waals surface area contributed by atoms with Crippen LogP contribution in [-0.4, -0.2) is 47.8 Å². The van der Waals surface area contributed by atoms with Crippen LogP contribution in [-0.2, 0) is 15.0 Å². The highest BCUT2D eigenvalue weighted by Crippen LogP contribution is 2.65. The van der Waals surface area contributed by atoms with Gasteiger partial charge in [0, 0.05) is 32.6 Å². The van der Waals surface area contributed by atoms with Crippen LogP contribution in [0.1, 0.15) is 58.4 Å². The maximum atomic E-state index is 13.6. The summed E-state index contributed by atoms with van der Waals surface area (Å²) in [6.07, 6.45) is 4.63. The zero-order valence-electron chi connectivity index (χ0n) is 17.0. The number of piperidine rings is 2. The van der Waals surface area contributed by atoms with Crippen LogP contribution in [0.3, 0.4) is 0 Å². The van der Waals surface area contributed by atoms with Crippen molar-refractivity contribution in [3.8, 4) is 0 Å². The van der Waals surface area contributed by atoms with Gasteiger partial charge in [-0.3, -0.25) is 9.59 Å². The van der Waals surface area contributed by atoms with E-state index < -0.39 is 0 Å².